The van der Waals surface area contributed by atoms with Gasteiger partial charge in [0.2, 0.25) is 0 Å². The van der Waals surface area contributed by atoms with Crippen molar-refractivity contribution in [1.29, 1.82) is 0 Å². The molecule has 0 bridgehead atoms. The minimum atomic E-state index is -0.307. The normalized spacial score (nSPS) is 30.1. The molecule has 1 N–H and O–H groups in total. The van der Waals surface area contributed by atoms with Crippen molar-refractivity contribution >= 4 is 5.97 Å². The Hall–Kier alpha value is -0.610. The molecule has 76 valence electrons. The van der Waals surface area contributed by atoms with Crippen LogP contribution in [0.15, 0.2) is 0 Å². The number of methoxy groups -OCH3 is 1. The van der Waals surface area contributed by atoms with Crippen molar-refractivity contribution in [2.75, 3.05) is 26.7 Å². The van der Waals surface area contributed by atoms with Crippen LogP contribution in [0.5, 0.6) is 0 Å². The van der Waals surface area contributed by atoms with E-state index in [0.29, 0.717) is 19.0 Å². The molecule has 1 aliphatic heterocycles. The monoisotopic (exact) mass is 187 g/mol. The first-order valence-corrected chi connectivity index (χ1v) is 4.60. The first-order valence-electron chi connectivity index (χ1n) is 4.60. The van der Waals surface area contributed by atoms with E-state index in [0.717, 1.165) is 13.0 Å². The summed E-state index contributed by atoms with van der Waals surface area (Å²) < 4.78 is 4.55. The Morgan fingerprint density at radius 2 is 2.38 bits per heavy atom. The lowest BCUT2D eigenvalue weighted by Gasteiger charge is -2.33. The van der Waals surface area contributed by atoms with E-state index in [1.165, 1.54) is 7.11 Å². The third-order valence-electron chi connectivity index (χ3n) is 2.58. The number of nitrogens with zero attached hydrogens (tertiary/aromatic N) is 1. The smallest absolute Gasteiger partial charge is 0.319 e. The number of hydrogen-bond donors (Lipinski definition) is 1. The van der Waals surface area contributed by atoms with E-state index in [2.05, 4.69) is 4.74 Å². The molecule has 2 atom stereocenters. The van der Waals surface area contributed by atoms with Gasteiger partial charge in [-0.1, -0.05) is 6.92 Å². The maximum absolute atomic E-state index is 10.9. The van der Waals surface area contributed by atoms with Crippen LogP contribution in [0.2, 0.25) is 0 Å². The Morgan fingerprint density at radius 1 is 1.69 bits per heavy atom. The number of carbonyl (C=O) groups excluding carboxylic acids is 1. The van der Waals surface area contributed by atoms with Crippen molar-refractivity contribution < 1.29 is 14.6 Å². The van der Waals surface area contributed by atoms with Crippen LogP contribution in [0.3, 0.4) is 0 Å². The largest absolute Gasteiger partial charge is 0.468 e. The van der Waals surface area contributed by atoms with E-state index in [9.17, 15) is 9.90 Å². The van der Waals surface area contributed by atoms with Gasteiger partial charge in [-0.15, -0.1) is 0 Å². The van der Waals surface area contributed by atoms with E-state index < -0.39 is 0 Å². The van der Waals surface area contributed by atoms with Crippen LogP contribution in [0.1, 0.15) is 13.3 Å². The molecule has 4 heteroatoms. The van der Waals surface area contributed by atoms with Crippen LogP contribution >= 0.6 is 0 Å². The summed E-state index contributed by atoms with van der Waals surface area (Å²) in [6, 6.07) is 0. The van der Waals surface area contributed by atoms with Crippen molar-refractivity contribution in [2.24, 2.45) is 5.92 Å². The molecule has 0 radical (unpaired) electrons. The predicted molar refractivity (Wildman–Crippen MR) is 48.2 cm³/mol. The highest BCUT2D eigenvalue weighted by molar-refractivity contribution is 5.71. The predicted octanol–water partition coefficient (Wildman–Crippen LogP) is -0.138. The van der Waals surface area contributed by atoms with Crippen LogP contribution in [0.25, 0.3) is 0 Å². The Morgan fingerprint density at radius 3 is 2.92 bits per heavy atom. The number of likely N-dealkylation sites (tertiary alicyclic amines) is 1. The fraction of sp³-hybridized carbons (Fsp3) is 0.889. The van der Waals surface area contributed by atoms with Crippen molar-refractivity contribution in [3.8, 4) is 0 Å². The number of aliphatic hydroxyl groups is 1. The van der Waals surface area contributed by atoms with Crippen LogP contribution in [0.4, 0.5) is 0 Å². The fourth-order valence-electron chi connectivity index (χ4n) is 1.51. The molecule has 1 rings (SSSR count). The summed E-state index contributed by atoms with van der Waals surface area (Å²) in [5.74, 6) is 0.107. The van der Waals surface area contributed by atoms with Crippen molar-refractivity contribution in [1.82, 2.24) is 4.90 Å². The minimum Gasteiger partial charge on any atom is -0.468 e. The van der Waals surface area contributed by atoms with Crippen LogP contribution in [-0.2, 0) is 9.53 Å². The summed E-state index contributed by atoms with van der Waals surface area (Å²) in [6.07, 6.45) is 0.636. The fourth-order valence-corrected chi connectivity index (χ4v) is 1.51. The van der Waals surface area contributed by atoms with Gasteiger partial charge in [-0.05, 0) is 18.9 Å². The van der Waals surface area contributed by atoms with Crippen molar-refractivity contribution in [2.45, 2.75) is 19.4 Å². The zero-order chi connectivity index (χ0) is 9.84. The van der Waals surface area contributed by atoms with Crippen molar-refractivity contribution in [3.63, 3.8) is 0 Å². The molecule has 0 spiro atoms. The number of carbonyl (C=O) groups is 1. The lowest BCUT2D eigenvalue weighted by Crippen LogP contribution is -2.45. The number of esters is 1. The first kappa shape index (κ1) is 10.5. The average Bonchev–Trinajstić information content (AvgIpc) is 2.11. The van der Waals surface area contributed by atoms with Gasteiger partial charge in [0, 0.05) is 6.54 Å². The second kappa shape index (κ2) is 4.58. The highest BCUT2D eigenvalue weighted by Gasteiger charge is 2.25. The molecule has 2 unspecified atom stereocenters. The van der Waals surface area contributed by atoms with E-state index in [4.69, 9.17) is 0 Å². The lowest BCUT2D eigenvalue weighted by atomic mass is 9.96. The molecule has 0 aromatic carbocycles. The number of rotatable bonds is 2. The topological polar surface area (TPSA) is 49.8 Å². The molecule has 1 fully saturated rings. The molecule has 0 aliphatic carbocycles. The van der Waals surface area contributed by atoms with Gasteiger partial charge in [-0.2, -0.15) is 0 Å². The molecule has 4 nitrogen and oxygen atoms in total. The van der Waals surface area contributed by atoms with Gasteiger partial charge in [0.25, 0.3) is 0 Å². The number of hydrogen-bond acceptors (Lipinski definition) is 4. The molecule has 1 aliphatic rings. The molecule has 0 aromatic rings. The van der Waals surface area contributed by atoms with E-state index in [1.807, 2.05) is 11.8 Å². The third-order valence-corrected chi connectivity index (χ3v) is 2.58. The zero-order valence-electron chi connectivity index (χ0n) is 8.19. The molecule has 1 saturated heterocycles. The van der Waals surface area contributed by atoms with Gasteiger partial charge >= 0.3 is 5.97 Å². The minimum absolute atomic E-state index is 0.234. The highest BCUT2D eigenvalue weighted by Crippen LogP contribution is 2.16. The summed E-state index contributed by atoms with van der Waals surface area (Å²) in [7, 11) is 1.38. The summed E-state index contributed by atoms with van der Waals surface area (Å²) in [5.41, 5.74) is 0. The molecule has 0 amide bonds. The third kappa shape index (κ3) is 2.97. The number of aliphatic hydroxyl groups excluding tert-OH is 1. The lowest BCUT2D eigenvalue weighted by molar-refractivity contribution is -0.142. The Labute approximate surface area is 78.5 Å². The quantitative estimate of drug-likeness (QED) is 0.611. The van der Waals surface area contributed by atoms with Gasteiger partial charge in [0.1, 0.15) is 0 Å². The van der Waals surface area contributed by atoms with Gasteiger partial charge < -0.3 is 9.84 Å². The zero-order valence-corrected chi connectivity index (χ0v) is 8.19. The summed E-state index contributed by atoms with van der Waals surface area (Å²) >= 11 is 0. The van der Waals surface area contributed by atoms with Crippen LogP contribution in [-0.4, -0.2) is 48.8 Å². The second-order valence-corrected chi connectivity index (χ2v) is 3.64. The van der Waals surface area contributed by atoms with Gasteiger partial charge in [0.15, 0.2) is 0 Å². The number of ether oxygens (including phenoxy) is 1. The van der Waals surface area contributed by atoms with Gasteiger partial charge in [-0.25, -0.2) is 0 Å². The maximum atomic E-state index is 10.9. The molecule has 13 heavy (non-hydrogen) atoms. The highest BCUT2D eigenvalue weighted by atomic mass is 16.5. The van der Waals surface area contributed by atoms with Crippen molar-refractivity contribution in [3.05, 3.63) is 0 Å². The van der Waals surface area contributed by atoms with Gasteiger partial charge in [-0.3, -0.25) is 9.69 Å². The number of piperidine rings is 1. The molecule has 1 heterocycles. The van der Waals surface area contributed by atoms with Crippen LogP contribution < -0.4 is 0 Å². The SMILES string of the molecule is COC(=O)CN1CCC(C)C(O)C1. The maximum Gasteiger partial charge on any atom is 0.319 e. The second-order valence-electron chi connectivity index (χ2n) is 3.64. The molecule has 0 saturated carbocycles. The summed E-state index contributed by atoms with van der Waals surface area (Å²) in [6.45, 7) is 3.77. The molecule has 0 aromatic heterocycles. The van der Waals surface area contributed by atoms with Gasteiger partial charge in [0.05, 0.1) is 19.8 Å². The van der Waals surface area contributed by atoms with E-state index in [-0.39, 0.29) is 12.1 Å². The van der Waals surface area contributed by atoms with E-state index >= 15 is 0 Å². The van der Waals surface area contributed by atoms with E-state index in [1.54, 1.807) is 0 Å². The summed E-state index contributed by atoms with van der Waals surface area (Å²) in [5, 5.41) is 9.54. The first-order chi connectivity index (χ1) is 6.13. The number of β-amino-alcohol motifs (C(OH)–C–C–N with tert-alkyl or cyclic N) is 1. The molecular weight excluding hydrogens is 170 g/mol. The Balaban J connectivity index is 2.33. The average molecular weight is 187 g/mol. The Kier molecular flexibility index (Phi) is 3.69. The summed E-state index contributed by atoms with van der Waals surface area (Å²) in [4.78, 5) is 12.8. The molecular formula is C9H17NO3. The van der Waals surface area contributed by atoms with Crippen LogP contribution in [0, 0.1) is 5.92 Å². The Bertz CT molecular complexity index is 184. The standard InChI is InChI=1S/C9H17NO3/c1-7-3-4-10(5-8(7)11)6-9(12)13-2/h7-8,11H,3-6H2,1-2H3.